The summed E-state index contributed by atoms with van der Waals surface area (Å²) < 4.78 is 44.1. The lowest BCUT2D eigenvalue weighted by molar-refractivity contribution is -0.147. The van der Waals surface area contributed by atoms with Crippen molar-refractivity contribution in [2.45, 2.75) is 18.9 Å². The minimum atomic E-state index is -3.67. The van der Waals surface area contributed by atoms with Gasteiger partial charge in [0.1, 0.15) is 5.75 Å². The fourth-order valence-corrected chi connectivity index (χ4v) is 2.42. The van der Waals surface area contributed by atoms with Crippen LogP contribution in [0.5, 0.6) is 17.2 Å². The average molecular weight is 365 g/mol. The first kappa shape index (κ1) is 19.5. The van der Waals surface area contributed by atoms with Gasteiger partial charge in [-0.15, -0.1) is 0 Å². The van der Waals surface area contributed by atoms with Crippen molar-refractivity contribution in [3.8, 4) is 17.2 Å². The Hall–Kier alpha value is -2.83. The van der Waals surface area contributed by atoms with E-state index in [9.17, 15) is 13.6 Å². The lowest BCUT2D eigenvalue weighted by atomic mass is 10.0. The summed E-state index contributed by atoms with van der Waals surface area (Å²) >= 11 is 0. The largest absolute Gasteiger partial charge is 0.497 e. The lowest BCUT2D eigenvalue weighted by Gasteiger charge is -2.21. The first-order chi connectivity index (χ1) is 12.3. The smallest absolute Gasteiger partial charge is 0.349 e. The first-order valence-electron chi connectivity index (χ1n) is 7.88. The summed E-state index contributed by atoms with van der Waals surface area (Å²) in [5, 5.41) is 2.34. The van der Waals surface area contributed by atoms with E-state index in [2.05, 4.69) is 5.32 Å². The van der Waals surface area contributed by atoms with Crippen molar-refractivity contribution < 1.29 is 27.8 Å². The van der Waals surface area contributed by atoms with Crippen LogP contribution in [0.25, 0.3) is 0 Å². The minimum Gasteiger partial charge on any atom is -0.497 e. The van der Waals surface area contributed by atoms with Gasteiger partial charge in [-0.1, -0.05) is 6.07 Å². The summed E-state index contributed by atoms with van der Waals surface area (Å²) in [5.74, 6) is -3.66. The topological polar surface area (TPSA) is 56.8 Å². The van der Waals surface area contributed by atoms with Gasteiger partial charge in [-0.05, 0) is 48.9 Å². The monoisotopic (exact) mass is 365 g/mol. The fourth-order valence-electron chi connectivity index (χ4n) is 2.42. The zero-order valence-electron chi connectivity index (χ0n) is 15.0. The maximum atomic E-state index is 14.4. The molecule has 0 aliphatic heterocycles. The van der Waals surface area contributed by atoms with E-state index >= 15 is 0 Å². The van der Waals surface area contributed by atoms with Crippen molar-refractivity contribution in [2.24, 2.45) is 0 Å². The number of nitrogens with one attached hydrogen (secondary N) is 1. The Morgan fingerprint density at radius 2 is 1.58 bits per heavy atom. The third kappa shape index (κ3) is 4.04. The number of halogens is 2. The van der Waals surface area contributed by atoms with E-state index in [0.717, 1.165) is 0 Å². The van der Waals surface area contributed by atoms with E-state index in [1.54, 1.807) is 25.1 Å². The van der Waals surface area contributed by atoms with Crippen molar-refractivity contribution >= 4 is 5.91 Å². The fraction of sp³-hybridized carbons (Fsp3) is 0.316. The Kier molecular flexibility index (Phi) is 6.02. The number of rotatable bonds is 7. The third-order valence-electron chi connectivity index (χ3n) is 3.99. The van der Waals surface area contributed by atoms with Gasteiger partial charge < -0.3 is 19.5 Å². The van der Waals surface area contributed by atoms with Crippen LogP contribution in [0.3, 0.4) is 0 Å². The summed E-state index contributed by atoms with van der Waals surface area (Å²) in [5.41, 5.74) is 0.205. The van der Waals surface area contributed by atoms with E-state index in [0.29, 0.717) is 22.8 Å². The second kappa shape index (κ2) is 8.03. The molecule has 2 aromatic rings. The van der Waals surface area contributed by atoms with Crippen LogP contribution in [0.1, 0.15) is 24.1 Å². The van der Waals surface area contributed by atoms with Gasteiger partial charge in [0.15, 0.2) is 11.5 Å². The molecular formula is C19H21F2NO4. The highest BCUT2D eigenvalue weighted by molar-refractivity contribution is 5.85. The number of hydrogen-bond acceptors (Lipinski definition) is 4. The molecule has 0 bridgehead atoms. The van der Waals surface area contributed by atoms with Crippen molar-refractivity contribution in [1.82, 2.24) is 5.32 Å². The number of alkyl halides is 2. The lowest BCUT2D eigenvalue weighted by Crippen LogP contribution is -2.39. The van der Waals surface area contributed by atoms with E-state index in [4.69, 9.17) is 14.2 Å². The van der Waals surface area contributed by atoms with Crippen LogP contribution in [-0.2, 0) is 10.7 Å². The quantitative estimate of drug-likeness (QED) is 0.813. The molecule has 26 heavy (non-hydrogen) atoms. The molecule has 0 aliphatic rings. The van der Waals surface area contributed by atoms with E-state index in [-0.39, 0.29) is 0 Å². The molecule has 0 saturated carbocycles. The highest BCUT2D eigenvalue weighted by atomic mass is 19.3. The first-order valence-corrected chi connectivity index (χ1v) is 7.88. The molecule has 7 heteroatoms. The number of amides is 1. The molecule has 0 spiro atoms. The molecule has 2 rings (SSSR count). The van der Waals surface area contributed by atoms with Crippen LogP contribution in [0.4, 0.5) is 8.78 Å². The number of carbonyl (C=O) groups is 1. The predicted molar refractivity (Wildman–Crippen MR) is 93.0 cm³/mol. The second-order valence-corrected chi connectivity index (χ2v) is 5.61. The van der Waals surface area contributed by atoms with Gasteiger partial charge in [-0.3, -0.25) is 4.79 Å². The summed E-state index contributed by atoms with van der Waals surface area (Å²) in [6.45, 7) is 1.61. The molecule has 1 amide bonds. The molecule has 2 aromatic carbocycles. The SMILES string of the molecule is COc1ccc(C(F)(F)C(=O)N[C@H](C)c2ccc(OC)c(OC)c2)cc1. The summed E-state index contributed by atoms with van der Waals surface area (Å²) in [6.07, 6.45) is 0. The minimum absolute atomic E-state index is 0.407. The number of carbonyl (C=O) groups excluding carboxylic acids is 1. The number of ether oxygens (including phenoxy) is 3. The van der Waals surface area contributed by atoms with E-state index in [1.165, 1.54) is 45.6 Å². The maximum absolute atomic E-state index is 14.4. The van der Waals surface area contributed by atoms with Gasteiger partial charge in [0.2, 0.25) is 0 Å². The summed E-state index contributed by atoms with van der Waals surface area (Å²) in [7, 11) is 4.41. The Labute approximate surface area is 150 Å². The van der Waals surface area contributed by atoms with Crippen LogP contribution < -0.4 is 19.5 Å². The highest BCUT2D eigenvalue weighted by Crippen LogP contribution is 2.32. The van der Waals surface area contributed by atoms with Crippen LogP contribution in [-0.4, -0.2) is 27.2 Å². The molecule has 0 heterocycles. The van der Waals surface area contributed by atoms with Gasteiger partial charge in [-0.2, -0.15) is 8.78 Å². The molecular weight excluding hydrogens is 344 g/mol. The van der Waals surface area contributed by atoms with E-state index < -0.39 is 23.4 Å². The van der Waals surface area contributed by atoms with Crippen molar-refractivity contribution in [1.29, 1.82) is 0 Å². The second-order valence-electron chi connectivity index (χ2n) is 5.61. The molecule has 1 N–H and O–H groups in total. The van der Waals surface area contributed by atoms with Crippen LogP contribution in [0.15, 0.2) is 42.5 Å². The Bertz CT molecular complexity index is 763. The Morgan fingerprint density at radius 3 is 2.12 bits per heavy atom. The zero-order chi connectivity index (χ0) is 19.3. The van der Waals surface area contributed by atoms with Gasteiger partial charge >= 0.3 is 5.92 Å². The molecule has 0 aliphatic carbocycles. The highest BCUT2D eigenvalue weighted by Gasteiger charge is 2.41. The Balaban J connectivity index is 2.16. The average Bonchev–Trinajstić information content (AvgIpc) is 2.67. The van der Waals surface area contributed by atoms with Crippen molar-refractivity contribution in [3.63, 3.8) is 0 Å². The van der Waals surface area contributed by atoms with Gasteiger partial charge in [0.05, 0.1) is 27.4 Å². The van der Waals surface area contributed by atoms with Gasteiger partial charge in [0.25, 0.3) is 5.91 Å². The van der Waals surface area contributed by atoms with Gasteiger partial charge in [-0.25, -0.2) is 0 Å². The number of benzene rings is 2. The summed E-state index contributed by atoms with van der Waals surface area (Å²) in [6, 6.07) is 9.42. The number of hydrogen-bond donors (Lipinski definition) is 1. The molecule has 0 aromatic heterocycles. The molecule has 5 nitrogen and oxygen atoms in total. The summed E-state index contributed by atoms with van der Waals surface area (Å²) in [4.78, 5) is 12.1. The molecule has 1 atom stereocenters. The molecule has 0 fully saturated rings. The van der Waals surface area contributed by atoms with Crippen molar-refractivity contribution in [2.75, 3.05) is 21.3 Å². The standard InChI is InChI=1S/C19H21F2NO4/c1-12(13-5-10-16(25-3)17(11-13)26-4)22-18(23)19(20,21)14-6-8-15(24-2)9-7-14/h5-12H,1-4H3,(H,22,23)/t12-/m1/s1. The molecule has 0 radical (unpaired) electrons. The normalized spacial score (nSPS) is 12.2. The predicted octanol–water partition coefficient (Wildman–Crippen LogP) is 3.68. The van der Waals surface area contributed by atoms with Crippen molar-refractivity contribution in [3.05, 3.63) is 53.6 Å². The molecule has 140 valence electrons. The maximum Gasteiger partial charge on any atom is 0.349 e. The van der Waals surface area contributed by atoms with E-state index in [1.807, 2.05) is 0 Å². The van der Waals surface area contributed by atoms with Gasteiger partial charge in [0, 0.05) is 5.56 Å². The number of methoxy groups -OCH3 is 3. The van der Waals surface area contributed by atoms with Crippen LogP contribution in [0, 0.1) is 0 Å². The Morgan fingerprint density at radius 1 is 0.962 bits per heavy atom. The zero-order valence-corrected chi connectivity index (χ0v) is 15.0. The third-order valence-corrected chi connectivity index (χ3v) is 3.99. The molecule has 0 unspecified atom stereocenters. The van der Waals surface area contributed by atoms with Crippen LogP contribution in [0.2, 0.25) is 0 Å². The van der Waals surface area contributed by atoms with Crippen LogP contribution >= 0.6 is 0 Å². The molecule has 0 saturated heterocycles.